The zero-order chi connectivity index (χ0) is 19.7. The van der Waals surface area contributed by atoms with E-state index in [1.54, 1.807) is 4.90 Å². The average molecular weight is 397 g/mol. The topological polar surface area (TPSA) is 90.2 Å². The van der Waals surface area contributed by atoms with Crippen molar-refractivity contribution in [2.24, 2.45) is 0 Å². The molecule has 7 nitrogen and oxygen atoms in total. The second kappa shape index (κ2) is 7.13. The van der Waals surface area contributed by atoms with Crippen molar-refractivity contribution in [3.63, 3.8) is 0 Å². The van der Waals surface area contributed by atoms with E-state index in [0.717, 1.165) is 6.07 Å². The zero-order valence-corrected chi connectivity index (χ0v) is 14.7. The Hall–Kier alpha value is -2.71. The molecule has 0 unspecified atom stereocenters. The molecule has 2 heterocycles. The van der Waals surface area contributed by atoms with Gasteiger partial charge in [-0.3, -0.25) is 0 Å². The number of benzene rings is 1. The van der Waals surface area contributed by atoms with Crippen molar-refractivity contribution in [2.45, 2.75) is 11.1 Å². The molecule has 1 aliphatic rings. The number of rotatable bonds is 3. The van der Waals surface area contributed by atoms with E-state index < -0.39 is 21.9 Å². The minimum Gasteiger partial charge on any atom is -0.352 e. The lowest BCUT2D eigenvalue weighted by Gasteiger charge is -2.34. The van der Waals surface area contributed by atoms with Gasteiger partial charge in [-0.25, -0.2) is 8.42 Å². The number of hydrogen-bond acceptors (Lipinski definition) is 6. The van der Waals surface area contributed by atoms with Crippen molar-refractivity contribution in [1.29, 1.82) is 5.26 Å². The van der Waals surface area contributed by atoms with Crippen LogP contribution in [0.25, 0.3) is 0 Å². The van der Waals surface area contributed by atoms with Gasteiger partial charge >= 0.3 is 6.18 Å². The predicted octanol–water partition coefficient (Wildman–Crippen LogP) is 1.88. The summed E-state index contributed by atoms with van der Waals surface area (Å²) >= 11 is 0. The van der Waals surface area contributed by atoms with Crippen LogP contribution in [-0.4, -0.2) is 49.1 Å². The van der Waals surface area contributed by atoms with E-state index in [4.69, 9.17) is 5.26 Å². The van der Waals surface area contributed by atoms with Gasteiger partial charge < -0.3 is 4.90 Å². The molecular formula is C16H14F3N5O2S. The summed E-state index contributed by atoms with van der Waals surface area (Å²) in [5.41, 5.74) is -0.715. The molecule has 0 bridgehead atoms. The first-order valence-corrected chi connectivity index (χ1v) is 9.32. The molecule has 0 amide bonds. The van der Waals surface area contributed by atoms with Crippen LogP contribution >= 0.6 is 0 Å². The van der Waals surface area contributed by atoms with Crippen LogP contribution in [0.5, 0.6) is 0 Å². The quantitative estimate of drug-likeness (QED) is 0.786. The van der Waals surface area contributed by atoms with E-state index in [1.165, 1.54) is 34.6 Å². The molecule has 1 fully saturated rings. The number of sulfonamides is 1. The van der Waals surface area contributed by atoms with Crippen LogP contribution in [0.2, 0.25) is 0 Å². The summed E-state index contributed by atoms with van der Waals surface area (Å²) in [6, 6.07) is 9.61. The van der Waals surface area contributed by atoms with Gasteiger partial charge in [0.15, 0.2) is 11.5 Å². The predicted molar refractivity (Wildman–Crippen MR) is 89.2 cm³/mol. The summed E-state index contributed by atoms with van der Waals surface area (Å²) in [5.74, 6) is 0.262. The van der Waals surface area contributed by atoms with Crippen molar-refractivity contribution in [2.75, 3.05) is 31.1 Å². The Kier molecular flexibility index (Phi) is 5.03. The summed E-state index contributed by atoms with van der Waals surface area (Å²) in [4.78, 5) is 1.77. The van der Waals surface area contributed by atoms with E-state index in [2.05, 4.69) is 10.2 Å². The molecular weight excluding hydrogens is 383 g/mol. The third-order valence-electron chi connectivity index (χ3n) is 4.12. The molecule has 11 heteroatoms. The first-order chi connectivity index (χ1) is 12.7. The number of nitrogens with zero attached hydrogens (tertiary/aromatic N) is 5. The second-order valence-electron chi connectivity index (χ2n) is 5.80. The normalized spacial score (nSPS) is 16.1. The van der Waals surface area contributed by atoms with Crippen LogP contribution in [0.4, 0.5) is 19.0 Å². The van der Waals surface area contributed by atoms with Crippen molar-refractivity contribution < 1.29 is 21.6 Å². The lowest BCUT2D eigenvalue weighted by Crippen LogP contribution is -2.49. The fraction of sp³-hybridized carbons (Fsp3) is 0.312. The van der Waals surface area contributed by atoms with Crippen LogP contribution in [-0.2, 0) is 16.2 Å². The molecule has 2 aromatic rings. The van der Waals surface area contributed by atoms with Gasteiger partial charge in [-0.05, 0) is 36.4 Å². The van der Waals surface area contributed by atoms with Crippen molar-refractivity contribution in [1.82, 2.24) is 14.5 Å². The van der Waals surface area contributed by atoms with E-state index in [-0.39, 0.29) is 36.9 Å². The molecule has 0 N–H and O–H groups in total. The number of nitriles is 1. The summed E-state index contributed by atoms with van der Waals surface area (Å²) in [7, 11) is -3.71. The molecule has 1 saturated heterocycles. The molecule has 142 valence electrons. The summed E-state index contributed by atoms with van der Waals surface area (Å²) in [6.45, 7) is 0.862. The third kappa shape index (κ3) is 4.01. The summed E-state index contributed by atoms with van der Waals surface area (Å²) < 4.78 is 64.2. The summed E-state index contributed by atoms with van der Waals surface area (Å²) in [6.07, 6.45) is -4.56. The van der Waals surface area contributed by atoms with E-state index >= 15 is 0 Å². The highest BCUT2D eigenvalue weighted by Crippen LogP contribution is 2.28. The van der Waals surface area contributed by atoms with Gasteiger partial charge in [-0.2, -0.15) is 22.7 Å². The van der Waals surface area contributed by atoms with Crippen molar-refractivity contribution in [3.8, 4) is 6.07 Å². The van der Waals surface area contributed by atoms with Gasteiger partial charge in [-0.1, -0.05) is 0 Å². The first kappa shape index (κ1) is 19.1. The van der Waals surface area contributed by atoms with Crippen LogP contribution in [0.15, 0.2) is 41.3 Å². The van der Waals surface area contributed by atoms with E-state index in [9.17, 15) is 21.6 Å². The van der Waals surface area contributed by atoms with Gasteiger partial charge in [0.25, 0.3) is 0 Å². The fourth-order valence-electron chi connectivity index (χ4n) is 2.65. The molecule has 0 spiro atoms. The number of piperazine rings is 1. The first-order valence-electron chi connectivity index (χ1n) is 7.88. The molecule has 3 rings (SSSR count). The molecule has 27 heavy (non-hydrogen) atoms. The Morgan fingerprint density at radius 2 is 1.59 bits per heavy atom. The van der Waals surface area contributed by atoms with Gasteiger partial charge in [-0.15, -0.1) is 10.2 Å². The Bertz CT molecular complexity index is 946. The Balaban J connectivity index is 1.68. The van der Waals surface area contributed by atoms with Gasteiger partial charge in [0, 0.05) is 26.2 Å². The monoisotopic (exact) mass is 397 g/mol. The molecule has 0 atom stereocenters. The molecule has 1 aromatic heterocycles. The highest BCUT2D eigenvalue weighted by Gasteiger charge is 2.33. The lowest BCUT2D eigenvalue weighted by atomic mass is 10.2. The largest absolute Gasteiger partial charge is 0.435 e. The average Bonchev–Trinajstić information content (AvgIpc) is 2.67. The van der Waals surface area contributed by atoms with E-state index in [0.29, 0.717) is 5.56 Å². The van der Waals surface area contributed by atoms with Gasteiger partial charge in [0.2, 0.25) is 10.0 Å². The van der Waals surface area contributed by atoms with Crippen molar-refractivity contribution >= 4 is 15.8 Å². The third-order valence-corrected chi connectivity index (χ3v) is 6.04. The Labute approximate surface area is 153 Å². The number of alkyl halides is 3. The van der Waals surface area contributed by atoms with Crippen molar-refractivity contribution in [3.05, 3.63) is 47.7 Å². The molecule has 1 aromatic carbocycles. The second-order valence-corrected chi connectivity index (χ2v) is 7.74. The SMILES string of the molecule is N#Cc1ccc(S(=O)(=O)N2CCN(c3ccc(C(F)(F)F)nn3)CC2)cc1. The molecule has 1 aliphatic heterocycles. The molecule has 0 radical (unpaired) electrons. The lowest BCUT2D eigenvalue weighted by molar-refractivity contribution is -0.141. The molecule has 0 aliphatic carbocycles. The van der Waals surface area contributed by atoms with Gasteiger partial charge in [0.05, 0.1) is 16.5 Å². The maximum absolute atomic E-state index is 12.7. The fourth-order valence-corrected chi connectivity index (χ4v) is 4.08. The maximum atomic E-state index is 12.7. The Morgan fingerprint density at radius 3 is 2.07 bits per heavy atom. The maximum Gasteiger partial charge on any atom is 0.435 e. The van der Waals surface area contributed by atoms with Gasteiger partial charge in [0.1, 0.15) is 0 Å². The number of halogens is 3. The van der Waals surface area contributed by atoms with Crippen LogP contribution in [0, 0.1) is 11.3 Å². The minimum absolute atomic E-state index is 0.0873. The highest BCUT2D eigenvalue weighted by atomic mass is 32.2. The zero-order valence-electron chi connectivity index (χ0n) is 13.9. The van der Waals surface area contributed by atoms with E-state index in [1.807, 2.05) is 6.07 Å². The number of aromatic nitrogens is 2. The number of anilines is 1. The Morgan fingerprint density at radius 1 is 0.963 bits per heavy atom. The van der Waals surface area contributed by atoms with Crippen LogP contribution in [0.3, 0.4) is 0 Å². The van der Waals surface area contributed by atoms with Crippen LogP contribution < -0.4 is 4.90 Å². The smallest absolute Gasteiger partial charge is 0.352 e. The standard InChI is InChI=1S/C16H14F3N5O2S/c17-16(18,19)14-5-6-15(22-21-14)23-7-9-24(10-8-23)27(25,26)13-3-1-12(11-20)2-4-13/h1-6H,7-10H2. The highest BCUT2D eigenvalue weighted by molar-refractivity contribution is 7.89. The van der Waals surface area contributed by atoms with Crippen LogP contribution in [0.1, 0.15) is 11.3 Å². The minimum atomic E-state index is -4.56. The molecule has 0 saturated carbocycles. The number of hydrogen-bond donors (Lipinski definition) is 0. The summed E-state index contributed by atoms with van der Waals surface area (Å²) in [5, 5.41) is 15.6.